The van der Waals surface area contributed by atoms with Gasteiger partial charge in [-0.2, -0.15) is 0 Å². The van der Waals surface area contributed by atoms with Crippen LogP contribution in [0.2, 0.25) is 5.02 Å². The topological polar surface area (TPSA) is 55.8 Å². The van der Waals surface area contributed by atoms with Crippen LogP contribution in [0.5, 0.6) is 11.5 Å². The summed E-state index contributed by atoms with van der Waals surface area (Å²) in [6.45, 7) is 0.211. The van der Waals surface area contributed by atoms with Gasteiger partial charge in [0.1, 0.15) is 0 Å². The third kappa shape index (κ3) is 3.60. The van der Waals surface area contributed by atoms with E-state index in [1.54, 1.807) is 18.2 Å². The number of thioether (sulfide) groups is 1. The summed E-state index contributed by atoms with van der Waals surface area (Å²) < 4.78 is 10.7. The first kappa shape index (κ1) is 19.2. The minimum absolute atomic E-state index is 0.0805. The van der Waals surface area contributed by atoms with Crippen molar-refractivity contribution in [2.75, 3.05) is 6.79 Å². The molecular formula is C22H14ClNO4S2. The molecule has 1 saturated heterocycles. The average molecular weight is 456 g/mol. The number of amides is 2. The van der Waals surface area contributed by atoms with E-state index in [1.165, 1.54) is 16.2 Å². The number of thiophene rings is 1. The first-order valence-corrected chi connectivity index (χ1v) is 11.1. The number of halogens is 1. The van der Waals surface area contributed by atoms with E-state index in [9.17, 15) is 9.59 Å². The standard InChI is InChI=1S/C22H14ClNO4S2/c23-17-9-19-18(27-12-28-19)7-14(17)10-24-21(25)20(30-22(24)26)8-16-6-15(11-29-16)13-4-2-1-3-5-13/h1-9,11H,10,12H2. The molecule has 3 aromatic rings. The number of hydrogen-bond acceptors (Lipinski definition) is 6. The van der Waals surface area contributed by atoms with Gasteiger partial charge in [0.25, 0.3) is 11.1 Å². The highest BCUT2D eigenvalue weighted by Crippen LogP contribution is 2.40. The van der Waals surface area contributed by atoms with Crippen molar-refractivity contribution >= 4 is 51.9 Å². The lowest BCUT2D eigenvalue weighted by Gasteiger charge is -2.14. The van der Waals surface area contributed by atoms with Gasteiger partial charge in [0.15, 0.2) is 11.5 Å². The van der Waals surface area contributed by atoms with Gasteiger partial charge in [-0.05, 0) is 52.0 Å². The number of rotatable bonds is 4. The molecule has 1 fully saturated rings. The van der Waals surface area contributed by atoms with E-state index in [-0.39, 0.29) is 24.5 Å². The first-order chi connectivity index (χ1) is 14.6. The van der Waals surface area contributed by atoms with Crippen LogP contribution in [-0.4, -0.2) is 22.8 Å². The summed E-state index contributed by atoms with van der Waals surface area (Å²) >= 11 is 8.78. The van der Waals surface area contributed by atoms with E-state index in [2.05, 4.69) is 0 Å². The number of hydrogen-bond donors (Lipinski definition) is 0. The van der Waals surface area contributed by atoms with E-state index in [0.29, 0.717) is 27.0 Å². The van der Waals surface area contributed by atoms with Crippen molar-refractivity contribution < 1.29 is 19.1 Å². The molecule has 5 nitrogen and oxygen atoms in total. The molecule has 0 saturated carbocycles. The maximum atomic E-state index is 12.9. The third-order valence-electron chi connectivity index (χ3n) is 4.74. The fourth-order valence-corrected chi connectivity index (χ4v) is 5.19. The zero-order valence-corrected chi connectivity index (χ0v) is 17.9. The summed E-state index contributed by atoms with van der Waals surface area (Å²) in [5, 5.41) is 2.14. The Morgan fingerprint density at radius 2 is 1.80 bits per heavy atom. The van der Waals surface area contributed by atoms with Crippen molar-refractivity contribution in [3.63, 3.8) is 0 Å². The van der Waals surface area contributed by atoms with Gasteiger partial charge >= 0.3 is 0 Å². The lowest BCUT2D eigenvalue weighted by atomic mass is 10.1. The van der Waals surface area contributed by atoms with Crippen LogP contribution in [0.15, 0.2) is 58.8 Å². The molecule has 0 atom stereocenters. The van der Waals surface area contributed by atoms with E-state index in [0.717, 1.165) is 27.8 Å². The van der Waals surface area contributed by atoms with Crippen LogP contribution in [0.4, 0.5) is 4.79 Å². The van der Waals surface area contributed by atoms with Gasteiger partial charge in [0, 0.05) is 16.0 Å². The smallest absolute Gasteiger partial charge is 0.293 e. The average Bonchev–Trinajstić information content (AvgIpc) is 3.45. The maximum absolute atomic E-state index is 12.9. The number of nitrogens with zero attached hydrogens (tertiary/aromatic N) is 1. The van der Waals surface area contributed by atoms with Gasteiger partial charge in [0.2, 0.25) is 6.79 Å². The summed E-state index contributed by atoms with van der Waals surface area (Å²) in [4.78, 5) is 27.9. The summed E-state index contributed by atoms with van der Waals surface area (Å²) in [6, 6.07) is 15.4. The fourth-order valence-electron chi connectivity index (χ4n) is 3.23. The maximum Gasteiger partial charge on any atom is 0.293 e. The quantitative estimate of drug-likeness (QED) is 0.449. The van der Waals surface area contributed by atoms with Crippen molar-refractivity contribution in [3.8, 4) is 22.6 Å². The van der Waals surface area contributed by atoms with E-state index >= 15 is 0 Å². The Morgan fingerprint density at radius 3 is 2.60 bits per heavy atom. The van der Waals surface area contributed by atoms with Crippen LogP contribution < -0.4 is 9.47 Å². The molecule has 3 heterocycles. The van der Waals surface area contributed by atoms with Crippen molar-refractivity contribution in [1.82, 2.24) is 4.90 Å². The first-order valence-electron chi connectivity index (χ1n) is 9.06. The lowest BCUT2D eigenvalue weighted by Crippen LogP contribution is -2.27. The molecular weight excluding hydrogens is 442 g/mol. The van der Waals surface area contributed by atoms with Crippen LogP contribution in [-0.2, 0) is 11.3 Å². The second kappa shape index (κ2) is 7.83. The lowest BCUT2D eigenvalue weighted by molar-refractivity contribution is -0.123. The monoisotopic (exact) mass is 455 g/mol. The summed E-state index contributed by atoms with van der Waals surface area (Å²) in [5.74, 6) is 0.794. The molecule has 0 spiro atoms. The Kier molecular flexibility index (Phi) is 5.02. The van der Waals surface area contributed by atoms with Crippen molar-refractivity contribution in [2.45, 2.75) is 6.54 Å². The van der Waals surface area contributed by atoms with Gasteiger partial charge < -0.3 is 9.47 Å². The minimum Gasteiger partial charge on any atom is -0.454 e. The van der Waals surface area contributed by atoms with Gasteiger partial charge in [-0.3, -0.25) is 14.5 Å². The van der Waals surface area contributed by atoms with Gasteiger partial charge in [-0.15, -0.1) is 11.3 Å². The highest BCUT2D eigenvalue weighted by atomic mass is 35.5. The number of carbonyl (C=O) groups excluding carboxylic acids is 2. The minimum atomic E-state index is -0.326. The molecule has 0 aliphatic carbocycles. The predicted molar refractivity (Wildman–Crippen MR) is 119 cm³/mol. The molecule has 2 aliphatic rings. The van der Waals surface area contributed by atoms with E-state index in [4.69, 9.17) is 21.1 Å². The molecule has 150 valence electrons. The Labute approximate surface area is 185 Å². The van der Waals surface area contributed by atoms with Crippen molar-refractivity contribution in [3.05, 3.63) is 74.3 Å². The number of carbonyl (C=O) groups is 2. The molecule has 2 amide bonds. The second-order valence-corrected chi connectivity index (χ2v) is 9.01. The van der Waals surface area contributed by atoms with Crippen LogP contribution in [0.3, 0.4) is 0 Å². The Balaban J connectivity index is 1.37. The van der Waals surface area contributed by atoms with Crippen LogP contribution >= 0.6 is 34.7 Å². The largest absolute Gasteiger partial charge is 0.454 e. The number of benzene rings is 2. The van der Waals surface area contributed by atoms with Gasteiger partial charge in [0.05, 0.1) is 11.4 Å². The molecule has 8 heteroatoms. The molecule has 30 heavy (non-hydrogen) atoms. The SMILES string of the molecule is O=C1SC(=Cc2cc(-c3ccccc3)cs2)C(=O)N1Cc1cc2c(cc1Cl)OCO2. The van der Waals surface area contributed by atoms with Crippen LogP contribution in [0, 0.1) is 0 Å². The fraction of sp³-hybridized carbons (Fsp3) is 0.0909. The predicted octanol–water partition coefficient (Wildman–Crippen LogP) is 6.03. The second-order valence-electron chi connectivity index (χ2n) is 6.67. The molecule has 2 aliphatic heterocycles. The van der Waals surface area contributed by atoms with Crippen molar-refractivity contribution in [1.29, 1.82) is 0 Å². The molecule has 0 N–H and O–H groups in total. The van der Waals surface area contributed by atoms with Gasteiger partial charge in [-0.1, -0.05) is 41.9 Å². The van der Waals surface area contributed by atoms with E-state index < -0.39 is 0 Å². The molecule has 2 aromatic carbocycles. The highest BCUT2D eigenvalue weighted by Gasteiger charge is 2.35. The van der Waals surface area contributed by atoms with Crippen LogP contribution in [0.1, 0.15) is 10.4 Å². The number of ether oxygens (including phenoxy) is 2. The molecule has 0 unspecified atom stereocenters. The third-order valence-corrected chi connectivity index (χ3v) is 6.88. The normalized spacial score (nSPS) is 16.7. The van der Waals surface area contributed by atoms with Crippen LogP contribution in [0.25, 0.3) is 17.2 Å². The molecule has 0 radical (unpaired) electrons. The van der Waals surface area contributed by atoms with Crippen molar-refractivity contribution in [2.24, 2.45) is 0 Å². The highest BCUT2D eigenvalue weighted by molar-refractivity contribution is 8.18. The molecule has 5 rings (SSSR count). The Morgan fingerprint density at radius 1 is 1.03 bits per heavy atom. The Bertz CT molecular complexity index is 1190. The number of imide groups is 1. The zero-order chi connectivity index (χ0) is 20.7. The van der Waals surface area contributed by atoms with E-state index in [1.807, 2.05) is 41.8 Å². The van der Waals surface area contributed by atoms with Gasteiger partial charge in [-0.25, -0.2) is 0 Å². The molecule has 1 aromatic heterocycles. The summed E-state index contributed by atoms with van der Waals surface area (Å²) in [6.07, 6.45) is 1.77. The zero-order valence-electron chi connectivity index (χ0n) is 15.5. The summed E-state index contributed by atoms with van der Waals surface area (Å²) in [7, 11) is 0. The molecule has 0 bridgehead atoms. The number of fused-ring (bicyclic) bond motifs is 1. The Hall–Kier alpha value is -2.74. The summed E-state index contributed by atoms with van der Waals surface area (Å²) in [5.41, 5.74) is 2.82.